The SMILES string of the molecule is CC(=O)c1cccc(C(=O)N[C@@H](Cc2ccccc2)C(=O)N2CCN(C3C[C@@]4(C)C(CC[C@@H]5[C@H]4CC[C@]4(C)C(O)CC[C@@H]54)CC3O)CC2)c1. The molecule has 4 unspecified atom stereocenters. The van der Waals surface area contributed by atoms with Gasteiger partial charge < -0.3 is 20.4 Å². The van der Waals surface area contributed by atoms with Crippen LogP contribution >= 0.6 is 0 Å². The molecule has 4 aliphatic carbocycles. The molecule has 49 heavy (non-hydrogen) atoms. The minimum Gasteiger partial charge on any atom is -0.393 e. The summed E-state index contributed by atoms with van der Waals surface area (Å²) < 4.78 is 0. The van der Waals surface area contributed by atoms with Crippen LogP contribution in [0.4, 0.5) is 0 Å². The predicted molar refractivity (Wildman–Crippen MR) is 189 cm³/mol. The monoisotopic (exact) mass is 669 g/mol. The van der Waals surface area contributed by atoms with Crippen molar-refractivity contribution in [2.75, 3.05) is 26.2 Å². The number of nitrogens with one attached hydrogen (secondary N) is 1. The number of Topliss-reactive ketones (excluding diaryl/α,β-unsaturated/α-hetero) is 1. The van der Waals surface area contributed by atoms with E-state index in [4.69, 9.17) is 0 Å². The summed E-state index contributed by atoms with van der Waals surface area (Å²) >= 11 is 0. The van der Waals surface area contributed by atoms with Gasteiger partial charge in [-0.25, -0.2) is 0 Å². The lowest BCUT2D eigenvalue weighted by atomic mass is 9.44. The molecule has 8 nitrogen and oxygen atoms in total. The Labute approximate surface area is 291 Å². The van der Waals surface area contributed by atoms with Crippen LogP contribution in [0.3, 0.4) is 0 Å². The Morgan fingerprint density at radius 3 is 2.31 bits per heavy atom. The number of ketones is 1. The van der Waals surface area contributed by atoms with Gasteiger partial charge in [0.15, 0.2) is 5.78 Å². The normalized spacial score (nSPS) is 36.6. The summed E-state index contributed by atoms with van der Waals surface area (Å²) in [5.74, 6) is 1.88. The van der Waals surface area contributed by atoms with E-state index in [0.29, 0.717) is 67.4 Å². The third-order valence-electron chi connectivity index (χ3n) is 14.1. The van der Waals surface area contributed by atoms with E-state index in [9.17, 15) is 24.6 Å². The summed E-state index contributed by atoms with van der Waals surface area (Å²) in [5.41, 5.74) is 2.03. The number of piperazine rings is 1. The van der Waals surface area contributed by atoms with Crippen LogP contribution in [0.2, 0.25) is 0 Å². The standard InChI is InChI=1S/C41H55N3O5/c1-26(45)28-10-7-11-29(23-28)38(48)42-34(22-27-8-5-4-6-9-27)39(49)44-20-18-43(19-21-44)35-25-41(3)30(24-36(35)46)12-13-31-32-14-15-37(47)40(32,2)17-16-33(31)41/h4-11,23,30-37,46-47H,12-22,24-25H2,1-3H3,(H,42,48)/t30?,31-,32-,33+,34-,35?,36?,37?,40-,41-/m0/s1. The van der Waals surface area contributed by atoms with Gasteiger partial charge in [-0.2, -0.15) is 0 Å². The van der Waals surface area contributed by atoms with Crippen LogP contribution in [0.1, 0.15) is 98.4 Å². The fourth-order valence-electron chi connectivity index (χ4n) is 11.3. The molecule has 0 bridgehead atoms. The maximum absolute atomic E-state index is 14.1. The summed E-state index contributed by atoms with van der Waals surface area (Å²) in [4.78, 5) is 43.8. The number of benzene rings is 2. The number of aliphatic hydroxyl groups is 2. The number of carbonyl (C=O) groups excluding carboxylic acids is 3. The first-order valence-corrected chi connectivity index (χ1v) is 18.8. The summed E-state index contributed by atoms with van der Waals surface area (Å²) in [7, 11) is 0. The zero-order chi connectivity index (χ0) is 34.5. The highest BCUT2D eigenvalue weighted by Crippen LogP contribution is 2.66. The van der Waals surface area contributed by atoms with E-state index in [1.54, 1.807) is 24.3 Å². The molecule has 1 aliphatic heterocycles. The van der Waals surface area contributed by atoms with Gasteiger partial charge in [0.05, 0.1) is 12.2 Å². The minimum absolute atomic E-state index is 0.0667. The first-order chi connectivity index (χ1) is 23.5. The zero-order valence-electron chi connectivity index (χ0n) is 29.5. The number of aliphatic hydroxyl groups excluding tert-OH is 2. The van der Waals surface area contributed by atoms with Crippen molar-refractivity contribution in [3.05, 3.63) is 71.3 Å². The molecular formula is C41H55N3O5. The molecule has 0 radical (unpaired) electrons. The maximum atomic E-state index is 14.1. The molecular weight excluding hydrogens is 614 g/mol. The second-order valence-electron chi connectivity index (χ2n) is 16.6. The molecule has 5 aliphatic rings. The van der Waals surface area contributed by atoms with Gasteiger partial charge >= 0.3 is 0 Å². The van der Waals surface area contributed by atoms with E-state index in [1.165, 1.54) is 26.2 Å². The van der Waals surface area contributed by atoms with Crippen molar-refractivity contribution in [2.45, 2.75) is 103 Å². The van der Waals surface area contributed by atoms with Gasteiger partial charge in [0.1, 0.15) is 6.04 Å². The molecule has 1 heterocycles. The average molecular weight is 670 g/mol. The van der Waals surface area contributed by atoms with Gasteiger partial charge in [-0.05, 0) is 110 Å². The first-order valence-electron chi connectivity index (χ1n) is 18.8. The molecule has 2 aromatic rings. The Hall–Kier alpha value is -3.07. The molecule has 7 rings (SSSR count). The van der Waals surface area contributed by atoms with Gasteiger partial charge in [0.2, 0.25) is 5.91 Å². The second-order valence-corrected chi connectivity index (χ2v) is 16.6. The number of hydrogen-bond acceptors (Lipinski definition) is 6. The molecule has 2 aromatic carbocycles. The summed E-state index contributed by atoms with van der Waals surface area (Å²) in [6, 6.07) is 15.7. The molecule has 10 atom stereocenters. The van der Waals surface area contributed by atoms with Crippen LogP contribution in [0.25, 0.3) is 0 Å². The average Bonchev–Trinajstić information content (AvgIpc) is 3.42. The molecule has 0 spiro atoms. The van der Waals surface area contributed by atoms with Gasteiger partial charge in [-0.3, -0.25) is 19.3 Å². The fourth-order valence-corrected chi connectivity index (χ4v) is 11.3. The third kappa shape index (κ3) is 6.38. The Morgan fingerprint density at radius 2 is 1.57 bits per heavy atom. The van der Waals surface area contributed by atoms with Crippen LogP contribution in [0.15, 0.2) is 54.6 Å². The molecule has 4 saturated carbocycles. The highest BCUT2D eigenvalue weighted by Gasteiger charge is 2.61. The summed E-state index contributed by atoms with van der Waals surface area (Å²) in [6.45, 7) is 8.83. The van der Waals surface area contributed by atoms with Crippen LogP contribution in [0, 0.1) is 34.5 Å². The topological polar surface area (TPSA) is 110 Å². The van der Waals surface area contributed by atoms with E-state index in [0.717, 1.165) is 37.7 Å². The van der Waals surface area contributed by atoms with Crippen molar-refractivity contribution >= 4 is 17.6 Å². The van der Waals surface area contributed by atoms with Crippen LogP contribution < -0.4 is 5.32 Å². The number of nitrogens with zero attached hydrogens (tertiary/aromatic N) is 2. The first kappa shape index (κ1) is 34.4. The van der Waals surface area contributed by atoms with E-state index in [2.05, 4.69) is 24.1 Å². The van der Waals surface area contributed by atoms with Crippen molar-refractivity contribution in [3.8, 4) is 0 Å². The summed E-state index contributed by atoms with van der Waals surface area (Å²) in [5, 5.41) is 25.5. The number of hydrogen-bond donors (Lipinski definition) is 3. The molecule has 3 N–H and O–H groups in total. The Morgan fingerprint density at radius 1 is 0.857 bits per heavy atom. The minimum atomic E-state index is -0.743. The molecule has 5 fully saturated rings. The highest BCUT2D eigenvalue weighted by atomic mass is 16.3. The van der Waals surface area contributed by atoms with E-state index < -0.39 is 6.04 Å². The van der Waals surface area contributed by atoms with E-state index in [1.807, 2.05) is 35.2 Å². The van der Waals surface area contributed by atoms with Crippen molar-refractivity contribution < 1.29 is 24.6 Å². The van der Waals surface area contributed by atoms with Crippen LogP contribution in [-0.4, -0.2) is 88.1 Å². The van der Waals surface area contributed by atoms with Crippen LogP contribution in [0.5, 0.6) is 0 Å². The molecule has 1 saturated heterocycles. The number of amides is 2. The van der Waals surface area contributed by atoms with Gasteiger partial charge in [0, 0.05) is 49.8 Å². The smallest absolute Gasteiger partial charge is 0.251 e. The van der Waals surface area contributed by atoms with Crippen molar-refractivity contribution in [1.29, 1.82) is 0 Å². The molecule has 0 aromatic heterocycles. The van der Waals surface area contributed by atoms with E-state index >= 15 is 0 Å². The maximum Gasteiger partial charge on any atom is 0.251 e. The molecule has 264 valence electrons. The molecule has 2 amide bonds. The third-order valence-corrected chi connectivity index (χ3v) is 14.1. The van der Waals surface area contributed by atoms with Crippen LogP contribution in [-0.2, 0) is 11.2 Å². The van der Waals surface area contributed by atoms with Crippen molar-refractivity contribution in [3.63, 3.8) is 0 Å². The molecule has 8 heteroatoms. The Balaban J connectivity index is 1.03. The van der Waals surface area contributed by atoms with Crippen molar-refractivity contribution in [1.82, 2.24) is 15.1 Å². The number of fused-ring (bicyclic) bond motifs is 5. The van der Waals surface area contributed by atoms with Gasteiger partial charge in [0.25, 0.3) is 5.91 Å². The Kier molecular flexibility index (Phi) is 9.52. The Bertz CT molecular complexity index is 1540. The lowest BCUT2D eigenvalue weighted by Gasteiger charge is -2.62. The largest absolute Gasteiger partial charge is 0.393 e. The quantitative estimate of drug-likeness (QED) is 0.354. The second kappa shape index (κ2) is 13.6. The zero-order valence-corrected chi connectivity index (χ0v) is 29.5. The highest BCUT2D eigenvalue weighted by molar-refractivity contribution is 6.01. The fraction of sp³-hybridized carbons (Fsp3) is 0.634. The summed E-state index contributed by atoms with van der Waals surface area (Å²) in [6.07, 6.45) is 8.49. The predicted octanol–water partition coefficient (Wildman–Crippen LogP) is 5.12. The number of rotatable bonds is 7. The lowest BCUT2D eigenvalue weighted by Crippen LogP contribution is -2.63. The van der Waals surface area contributed by atoms with E-state index in [-0.39, 0.29) is 46.7 Å². The lowest BCUT2D eigenvalue weighted by molar-refractivity contribution is -0.157. The number of carbonyl (C=O) groups is 3. The van der Waals surface area contributed by atoms with Crippen molar-refractivity contribution in [2.24, 2.45) is 34.5 Å². The van der Waals surface area contributed by atoms with Gasteiger partial charge in [-0.1, -0.05) is 56.3 Å². The van der Waals surface area contributed by atoms with Gasteiger partial charge in [-0.15, -0.1) is 0 Å².